The summed E-state index contributed by atoms with van der Waals surface area (Å²) in [5, 5.41) is 10.8. The lowest BCUT2D eigenvalue weighted by Gasteiger charge is -2.28. The van der Waals surface area contributed by atoms with Gasteiger partial charge >= 0.3 is 6.09 Å². The van der Waals surface area contributed by atoms with Crippen LogP contribution in [-0.2, 0) is 0 Å². The van der Waals surface area contributed by atoms with Crippen molar-refractivity contribution in [1.82, 2.24) is 10.2 Å². The fraction of sp³-hybridized carbons (Fsp3) is 0.875. The van der Waals surface area contributed by atoms with Gasteiger partial charge in [0.05, 0.1) is 0 Å². The smallest absolute Gasteiger partial charge is 0.404 e. The molecule has 0 bridgehead atoms. The van der Waals surface area contributed by atoms with Gasteiger partial charge in [0.25, 0.3) is 0 Å². The van der Waals surface area contributed by atoms with Crippen LogP contribution in [0.5, 0.6) is 0 Å². The van der Waals surface area contributed by atoms with E-state index in [1.165, 1.54) is 0 Å². The number of nitrogens with zero attached hydrogens (tertiary/aromatic N) is 1. The van der Waals surface area contributed by atoms with Gasteiger partial charge in [-0.05, 0) is 38.9 Å². The topological polar surface area (TPSA) is 52.6 Å². The fourth-order valence-corrected chi connectivity index (χ4v) is 1.50. The molecule has 1 amide bonds. The highest BCUT2D eigenvalue weighted by molar-refractivity contribution is 5.64. The molecule has 0 radical (unpaired) electrons. The largest absolute Gasteiger partial charge is 0.465 e. The summed E-state index contributed by atoms with van der Waals surface area (Å²) in [6.07, 6.45) is 1.31. The van der Waals surface area contributed by atoms with E-state index in [1.54, 1.807) is 0 Å². The third-order valence-corrected chi connectivity index (χ3v) is 2.38. The molecular formula is C8H16N2O2. The molecule has 0 saturated carbocycles. The zero-order valence-corrected chi connectivity index (χ0v) is 7.42. The lowest BCUT2D eigenvalue weighted by molar-refractivity contribution is 0.182. The number of amides is 1. The van der Waals surface area contributed by atoms with E-state index in [9.17, 15) is 4.79 Å². The van der Waals surface area contributed by atoms with E-state index in [4.69, 9.17) is 5.11 Å². The van der Waals surface area contributed by atoms with Crippen molar-refractivity contribution >= 4 is 6.09 Å². The molecule has 1 heterocycles. The van der Waals surface area contributed by atoms with Crippen LogP contribution >= 0.6 is 0 Å². The third kappa shape index (κ3) is 3.09. The highest BCUT2D eigenvalue weighted by atomic mass is 16.4. The number of likely N-dealkylation sites (tertiary alicyclic amines) is 1. The van der Waals surface area contributed by atoms with Crippen molar-refractivity contribution in [1.29, 1.82) is 0 Å². The number of nitrogens with one attached hydrogen (secondary N) is 1. The molecule has 1 fully saturated rings. The SMILES string of the molecule is CN1CCC(CNC(=O)O)CC1. The average Bonchev–Trinajstić information content (AvgIpc) is 2.03. The summed E-state index contributed by atoms with van der Waals surface area (Å²) in [5.74, 6) is 0.539. The molecule has 0 aromatic heterocycles. The van der Waals surface area contributed by atoms with E-state index >= 15 is 0 Å². The molecule has 0 aliphatic carbocycles. The Morgan fingerprint density at radius 1 is 1.58 bits per heavy atom. The molecule has 0 atom stereocenters. The summed E-state index contributed by atoms with van der Waals surface area (Å²) in [6, 6.07) is 0. The first kappa shape index (κ1) is 9.32. The molecule has 4 nitrogen and oxygen atoms in total. The van der Waals surface area contributed by atoms with E-state index < -0.39 is 6.09 Å². The predicted molar refractivity (Wildman–Crippen MR) is 46.2 cm³/mol. The average molecular weight is 172 g/mol. The molecule has 0 spiro atoms. The molecule has 70 valence electrons. The van der Waals surface area contributed by atoms with Gasteiger partial charge in [0, 0.05) is 6.54 Å². The van der Waals surface area contributed by atoms with Crippen molar-refractivity contribution in [3.8, 4) is 0 Å². The van der Waals surface area contributed by atoms with Crippen LogP contribution in [0.15, 0.2) is 0 Å². The summed E-state index contributed by atoms with van der Waals surface area (Å²) in [5.41, 5.74) is 0. The Hall–Kier alpha value is -0.770. The summed E-state index contributed by atoms with van der Waals surface area (Å²) in [7, 11) is 2.10. The first-order valence-electron chi connectivity index (χ1n) is 4.34. The first-order valence-corrected chi connectivity index (χ1v) is 4.34. The molecule has 1 aliphatic heterocycles. The quantitative estimate of drug-likeness (QED) is 0.641. The van der Waals surface area contributed by atoms with Gasteiger partial charge in [-0.3, -0.25) is 0 Å². The van der Waals surface area contributed by atoms with Crippen molar-refractivity contribution in [2.24, 2.45) is 5.92 Å². The van der Waals surface area contributed by atoms with Crippen LogP contribution in [0.4, 0.5) is 4.79 Å². The van der Waals surface area contributed by atoms with Gasteiger partial charge in [-0.15, -0.1) is 0 Å². The molecule has 2 N–H and O–H groups in total. The van der Waals surface area contributed by atoms with Crippen molar-refractivity contribution < 1.29 is 9.90 Å². The van der Waals surface area contributed by atoms with Gasteiger partial charge in [0.15, 0.2) is 0 Å². The number of carbonyl (C=O) groups is 1. The lowest BCUT2D eigenvalue weighted by Crippen LogP contribution is -2.36. The Kier molecular flexibility index (Phi) is 3.34. The molecular weight excluding hydrogens is 156 g/mol. The van der Waals surface area contributed by atoms with Gasteiger partial charge < -0.3 is 15.3 Å². The molecule has 0 aromatic rings. The predicted octanol–water partition coefficient (Wildman–Crippen LogP) is 0.596. The molecule has 0 aromatic carbocycles. The van der Waals surface area contributed by atoms with Crippen LogP contribution in [0.1, 0.15) is 12.8 Å². The van der Waals surface area contributed by atoms with Crippen LogP contribution in [0, 0.1) is 5.92 Å². The minimum Gasteiger partial charge on any atom is -0.465 e. The Morgan fingerprint density at radius 2 is 2.17 bits per heavy atom. The maximum atomic E-state index is 10.2. The molecule has 12 heavy (non-hydrogen) atoms. The molecule has 4 heteroatoms. The van der Waals surface area contributed by atoms with E-state index in [-0.39, 0.29) is 0 Å². The number of hydrogen-bond donors (Lipinski definition) is 2. The Labute approximate surface area is 72.6 Å². The van der Waals surface area contributed by atoms with Crippen LogP contribution in [0.25, 0.3) is 0 Å². The molecule has 1 aliphatic rings. The second-order valence-electron chi connectivity index (χ2n) is 3.43. The monoisotopic (exact) mass is 172 g/mol. The molecule has 0 unspecified atom stereocenters. The summed E-state index contributed by atoms with van der Waals surface area (Å²) in [4.78, 5) is 12.5. The standard InChI is InChI=1S/C8H16N2O2/c1-10-4-2-7(3-5-10)6-9-8(11)12/h7,9H,2-6H2,1H3,(H,11,12). The van der Waals surface area contributed by atoms with Crippen LogP contribution in [0.3, 0.4) is 0 Å². The minimum atomic E-state index is -0.908. The fourth-order valence-electron chi connectivity index (χ4n) is 1.50. The summed E-state index contributed by atoms with van der Waals surface area (Å²) in [6.45, 7) is 2.79. The van der Waals surface area contributed by atoms with Gasteiger partial charge in [-0.25, -0.2) is 4.79 Å². The summed E-state index contributed by atoms with van der Waals surface area (Å²) >= 11 is 0. The van der Waals surface area contributed by atoms with Crippen molar-refractivity contribution in [3.05, 3.63) is 0 Å². The Morgan fingerprint density at radius 3 is 2.67 bits per heavy atom. The number of carboxylic acid groups (broad SMARTS) is 1. The second-order valence-corrected chi connectivity index (χ2v) is 3.43. The molecule has 1 saturated heterocycles. The maximum Gasteiger partial charge on any atom is 0.404 e. The minimum absolute atomic E-state index is 0.539. The molecule has 1 rings (SSSR count). The maximum absolute atomic E-state index is 10.2. The zero-order valence-electron chi connectivity index (χ0n) is 7.42. The normalized spacial score (nSPS) is 20.8. The van der Waals surface area contributed by atoms with Gasteiger partial charge in [0.1, 0.15) is 0 Å². The van der Waals surface area contributed by atoms with Crippen LogP contribution in [-0.4, -0.2) is 42.8 Å². The van der Waals surface area contributed by atoms with Gasteiger partial charge in [0.2, 0.25) is 0 Å². The van der Waals surface area contributed by atoms with Crippen LogP contribution in [0.2, 0.25) is 0 Å². The Bertz CT molecular complexity index is 153. The zero-order chi connectivity index (χ0) is 8.97. The third-order valence-electron chi connectivity index (χ3n) is 2.38. The van der Waals surface area contributed by atoms with Crippen molar-refractivity contribution in [2.45, 2.75) is 12.8 Å². The number of piperidine rings is 1. The van der Waals surface area contributed by atoms with E-state index in [2.05, 4.69) is 17.3 Å². The van der Waals surface area contributed by atoms with E-state index in [0.717, 1.165) is 25.9 Å². The van der Waals surface area contributed by atoms with Gasteiger partial charge in [-0.2, -0.15) is 0 Å². The van der Waals surface area contributed by atoms with Crippen molar-refractivity contribution in [2.75, 3.05) is 26.7 Å². The van der Waals surface area contributed by atoms with E-state index in [1.807, 2.05) is 0 Å². The summed E-state index contributed by atoms with van der Waals surface area (Å²) < 4.78 is 0. The first-order chi connectivity index (χ1) is 5.68. The van der Waals surface area contributed by atoms with E-state index in [0.29, 0.717) is 12.5 Å². The van der Waals surface area contributed by atoms with Crippen molar-refractivity contribution in [3.63, 3.8) is 0 Å². The van der Waals surface area contributed by atoms with Crippen LogP contribution < -0.4 is 5.32 Å². The second kappa shape index (κ2) is 4.30. The highest BCUT2D eigenvalue weighted by Gasteiger charge is 2.16. The lowest BCUT2D eigenvalue weighted by atomic mass is 9.97. The number of hydrogen-bond acceptors (Lipinski definition) is 2. The number of rotatable bonds is 2. The highest BCUT2D eigenvalue weighted by Crippen LogP contribution is 2.14. The Balaban J connectivity index is 2.13. The van der Waals surface area contributed by atoms with Gasteiger partial charge in [-0.1, -0.05) is 0 Å².